The molecule has 3 aliphatic rings. The van der Waals surface area contributed by atoms with Crippen molar-refractivity contribution in [2.24, 2.45) is 23.7 Å². The maximum Gasteiger partial charge on any atom is 0.451 e. The number of fused-ring (bicyclic) bond motifs is 5. The van der Waals surface area contributed by atoms with Crippen LogP contribution in [-0.2, 0) is 6.18 Å². The second-order valence-electron chi connectivity index (χ2n) is 6.37. The molecule has 0 aliphatic heterocycles. The molecule has 4 rings (SSSR count). The first kappa shape index (κ1) is 13.2. The maximum atomic E-state index is 12.8. The van der Waals surface area contributed by atoms with Gasteiger partial charge in [0.15, 0.2) is 0 Å². The Kier molecular flexibility index (Phi) is 2.65. The summed E-state index contributed by atoms with van der Waals surface area (Å²) in [4.78, 5) is 7.12. The number of anilines is 2. The van der Waals surface area contributed by atoms with Gasteiger partial charge in [-0.3, -0.25) is 0 Å². The minimum absolute atomic E-state index is 0.189. The molecular weight excluding hydrogens is 281 g/mol. The largest absolute Gasteiger partial charge is 0.451 e. The zero-order chi connectivity index (χ0) is 14.8. The molecule has 7 heteroatoms. The van der Waals surface area contributed by atoms with Crippen LogP contribution < -0.4 is 10.6 Å². The van der Waals surface area contributed by atoms with Gasteiger partial charge in [-0.1, -0.05) is 0 Å². The molecule has 1 aromatic rings. The van der Waals surface area contributed by atoms with Gasteiger partial charge in [0, 0.05) is 19.2 Å². The summed E-state index contributed by atoms with van der Waals surface area (Å²) < 4.78 is 38.5. The molecule has 2 N–H and O–H groups in total. The van der Waals surface area contributed by atoms with Crippen LogP contribution in [0.5, 0.6) is 0 Å². The zero-order valence-corrected chi connectivity index (χ0v) is 11.6. The molecule has 3 aliphatic carbocycles. The molecule has 21 heavy (non-hydrogen) atoms. The second kappa shape index (κ2) is 4.24. The van der Waals surface area contributed by atoms with Gasteiger partial charge in [-0.05, 0) is 42.9 Å². The van der Waals surface area contributed by atoms with Crippen LogP contribution in [0.4, 0.5) is 24.8 Å². The molecule has 1 heterocycles. The van der Waals surface area contributed by atoms with E-state index in [9.17, 15) is 13.2 Å². The van der Waals surface area contributed by atoms with E-state index in [-0.39, 0.29) is 11.6 Å². The lowest BCUT2D eigenvalue weighted by Crippen LogP contribution is -2.18. The van der Waals surface area contributed by atoms with Crippen molar-refractivity contribution >= 4 is 11.6 Å². The molecule has 114 valence electrons. The van der Waals surface area contributed by atoms with E-state index in [1.54, 1.807) is 13.1 Å². The number of rotatable bonds is 3. The molecule has 0 radical (unpaired) electrons. The normalized spacial score (nSPS) is 36.5. The molecular formula is C14H17F3N4. The first-order chi connectivity index (χ1) is 9.97. The number of halogens is 3. The number of aromatic nitrogens is 2. The fourth-order valence-corrected chi connectivity index (χ4v) is 4.47. The SMILES string of the molecule is CNc1cc(NC2C3C4CCC(C4)C23)nc(C(F)(F)F)n1. The van der Waals surface area contributed by atoms with Crippen LogP contribution in [0, 0.1) is 23.7 Å². The molecule has 4 atom stereocenters. The summed E-state index contributed by atoms with van der Waals surface area (Å²) in [6.07, 6.45) is -0.651. The summed E-state index contributed by atoms with van der Waals surface area (Å²) in [6.45, 7) is 0. The molecule has 1 aromatic heterocycles. The lowest BCUT2D eigenvalue weighted by Gasteiger charge is -2.14. The highest BCUT2D eigenvalue weighted by Crippen LogP contribution is 2.66. The van der Waals surface area contributed by atoms with Crippen LogP contribution in [0.15, 0.2) is 6.07 Å². The molecule has 3 fully saturated rings. The van der Waals surface area contributed by atoms with Crippen molar-refractivity contribution in [3.05, 3.63) is 11.9 Å². The summed E-state index contributed by atoms with van der Waals surface area (Å²) >= 11 is 0. The van der Waals surface area contributed by atoms with E-state index < -0.39 is 12.0 Å². The highest BCUT2D eigenvalue weighted by molar-refractivity contribution is 5.49. The van der Waals surface area contributed by atoms with Gasteiger partial charge >= 0.3 is 6.18 Å². The summed E-state index contributed by atoms with van der Waals surface area (Å²) in [5.74, 6) is 2.20. The smallest absolute Gasteiger partial charge is 0.373 e. The van der Waals surface area contributed by atoms with Crippen LogP contribution in [-0.4, -0.2) is 23.1 Å². The topological polar surface area (TPSA) is 49.8 Å². The quantitative estimate of drug-likeness (QED) is 0.900. The summed E-state index contributed by atoms with van der Waals surface area (Å²) in [7, 11) is 1.55. The van der Waals surface area contributed by atoms with Crippen LogP contribution in [0.2, 0.25) is 0 Å². The third-order valence-corrected chi connectivity index (χ3v) is 5.29. The summed E-state index contributed by atoms with van der Waals surface area (Å²) in [5, 5.41) is 5.88. The second-order valence-corrected chi connectivity index (χ2v) is 6.37. The summed E-state index contributed by atoms with van der Waals surface area (Å²) in [6, 6.07) is 1.85. The van der Waals surface area contributed by atoms with Crippen molar-refractivity contribution < 1.29 is 13.2 Å². The molecule has 0 spiro atoms. The Balaban J connectivity index is 1.56. The Morgan fingerprint density at radius 3 is 2.29 bits per heavy atom. The van der Waals surface area contributed by atoms with E-state index in [2.05, 4.69) is 20.6 Å². The number of hydrogen-bond acceptors (Lipinski definition) is 4. The fourth-order valence-electron chi connectivity index (χ4n) is 4.47. The van der Waals surface area contributed by atoms with Crippen molar-refractivity contribution in [3.8, 4) is 0 Å². The highest BCUT2D eigenvalue weighted by atomic mass is 19.4. The third-order valence-electron chi connectivity index (χ3n) is 5.29. The Hall–Kier alpha value is -1.53. The lowest BCUT2D eigenvalue weighted by atomic mass is 10.0. The van der Waals surface area contributed by atoms with E-state index in [0.717, 1.165) is 11.8 Å². The summed E-state index contributed by atoms with van der Waals surface area (Å²) in [5.41, 5.74) is 0. The molecule has 0 aromatic carbocycles. The first-order valence-corrected chi connectivity index (χ1v) is 7.38. The average molecular weight is 298 g/mol. The van der Waals surface area contributed by atoms with Gasteiger partial charge < -0.3 is 10.6 Å². The van der Waals surface area contributed by atoms with Gasteiger partial charge in [-0.25, -0.2) is 9.97 Å². The monoisotopic (exact) mass is 298 g/mol. The first-order valence-electron chi connectivity index (χ1n) is 7.38. The Labute approximate surface area is 120 Å². The zero-order valence-electron chi connectivity index (χ0n) is 11.6. The van der Waals surface area contributed by atoms with E-state index in [4.69, 9.17) is 0 Å². The number of nitrogens with one attached hydrogen (secondary N) is 2. The van der Waals surface area contributed by atoms with Gasteiger partial charge in [-0.2, -0.15) is 13.2 Å². The molecule has 0 saturated heterocycles. The van der Waals surface area contributed by atoms with Gasteiger partial charge in [0.2, 0.25) is 5.82 Å². The van der Waals surface area contributed by atoms with Gasteiger partial charge in [0.1, 0.15) is 11.6 Å². The van der Waals surface area contributed by atoms with E-state index in [1.165, 1.54) is 19.3 Å². The predicted octanol–water partition coefficient (Wildman–Crippen LogP) is 2.99. The van der Waals surface area contributed by atoms with E-state index in [1.807, 2.05) is 0 Å². The maximum absolute atomic E-state index is 12.8. The molecule has 3 saturated carbocycles. The Morgan fingerprint density at radius 1 is 1.10 bits per heavy atom. The van der Waals surface area contributed by atoms with Gasteiger partial charge in [-0.15, -0.1) is 0 Å². The lowest BCUT2D eigenvalue weighted by molar-refractivity contribution is -0.144. The van der Waals surface area contributed by atoms with Crippen molar-refractivity contribution in [3.63, 3.8) is 0 Å². The van der Waals surface area contributed by atoms with Crippen molar-refractivity contribution in [1.82, 2.24) is 9.97 Å². The van der Waals surface area contributed by atoms with Crippen LogP contribution in [0.1, 0.15) is 25.1 Å². The molecule has 4 unspecified atom stereocenters. The standard InChI is InChI=1S/C14H17F3N4/c1-18-8-5-9(21-13(20-8)14(15,16)17)19-12-10-6-2-3-7(4-6)11(10)12/h5-7,10-12H,2-4H2,1H3,(H2,18,19,20,21). The molecule has 4 nitrogen and oxygen atoms in total. The average Bonchev–Trinajstić information content (AvgIpc) is 2.84. The van der Waals surface area contributed by atoms with Gasteiger partial charge in [0.05, 0.1) is 0 Å². The van der Waals surface area contributed by atoms with Crippen LogP contribution in [0.3, 0.4) is 0 Å². The Morgan fingerprint density at radius 2 is 1.71 bits per heavy atom. The van der Waals surface area contributed by atoms with E-state index in [0.29, 0.717) is 17.9 Å². The minimum Gasteiger partial charge on any atom is -0.373 e. The van der Waals surface area contributed by atoms with Gasteiger partial charge in [0.25, 0.3) is 0 Å². The van der Waals surface area contributed by atoms with E-state index >= 15 is 0 Å². The van der Waals surface area contributed by atoms with Crippen molar-refractivity contribution in [2.45, 2.75) is 31.5 Å². The number of nitrogens with zero attached hydrogens (tertiary/aromatic N) is 2. The minimum atomic E-state index is -4.53. The highest BCUT2D eigenvalue weighted by Gasteiger charge is 2.65. The van der Waals surface area contributed by atoms with Crippen molar-refractivity contribution in [2.75, 3.05) is 17.7 Å². The fraction of sp³-hybridized carbons (Fsp3) is 0.714. The number of alkyl halides is 3. The van der Waals surface area contributed by atoms with Crippen molar-refractivity contribution in [1.29, 1.82) is 0 Å². The molecule has 0 amide bonds. The number of hydrogen-bond donors (Lipinski definition) is 2. The van der Waals surface area contributed by atoms with Crippen LogP contribution >= 0.6 is 0 Å². The predicted molar refractivity (Wildman–Crippen MR) is 71.8 cm³/mol. The Bertz CT molecular complexity index is 558. The van der Waals surface area contributed by atoms with Crippen LogP contribution in [0.25, 0.3) is 0 Å². The third kappa shape index (κ3) is 2.05. The molecule has 2 bridgehead atoms.